The van der Waals surface area contributed by atoms with Gasteiger partial charge in [0.05, 0.1) is 5.56 Å². The molecule has 0 N–H and O–H groups in total. The van der Waals surface area contributed by atoms with Gasteiger partial charge in [-0.2, -0.15) is 0 Å². The highest BCUT2D eigenvalue weighted by atomic mass is 79.9. The fraction of sp³-hybridized carbons (Fsp3) is 0.300. The molecule has 1 aromatic rings. The number of hydrogen-bond donors (Lipinski definition) is 0. The van der Waals surface area contributed by atoms with Crippen LogP contribution >= 0.6 is 15.9 Å². The summed E-state index contributed by atoms with van der Waals surface area (Å²) in [5.74, 6) is -0.440. The Kier molecular flexibility index (Phi) is 2.79. The van der Waals surface area contributed by atoms with Crippen molar-refractivity contribution in [2.45, 2.75) is 18.2 Å². The Balaban J connectivity index is 2.67. The van der Waals surface area contributed by atoms with Crippen LogP contribution in [-0.2, 0) is 10.0 Å². The van der Waals surface area contributed by atoms with Crippen LogP contribution in [-0.4, -0.2) is 25.2 Å². The van der Waals surface area contributed by atoms with E-state index >= 15 is 0 Å². The van der Waals surface area contributed by atoms with Crippen molar-refractivity contribution in [3.8, 4) is 0 Å². The van der Waals surface area contributed by atoms with Crippen molar-refractivity contribution in [2.75, 3.05) is 6.54 Å². The molecule has 1 heterocycles. The average molecular weight is 304 g/mol. The molecule has 4 nitrogen and oxygen atoms in total. The third-order valence-corrected chi connectivity index (χ3v) is 4.90. The molecule has 0 saturated heterocycles. The van der Waals surface area contributed by atoms with E-state index in [1.165, 1.54) is 6.07 Å². The monoisotopic (exact) mass is 303 g/mol. The third kappa shape index (κ3) is 1.48. The molecule has 0 saturated carbocycles. The zero-order valence-electron chi connectivity index (χ0n) is 8.60. The first-order valence-corrected chi connectivity index (χ1v) is 7.09. The second-order valence-corrected chi connectivity index (χ2v) is 6.18. The largest absolute Gasteiger partial charge is 0.270 e. The predicted octanol–water partition coefficient (Wildman–Crippen LogP) is 2.00. The van der Waals surface area contributed by atoms with Crippen molar-refractivity contribution < 1.29 is 13.2 Å². The van der Waals surface area contributed by atoms with E-state index in [0.717, 1.165) is 4.31 Å². The minimum Gasteiger partial charge on any atom is -0.268 e. The molecule has 0 bridgehead atoms. The highest BCUT2D eigenvalue weighted by Crippen LogP contribution is 2.34. The minimum absolute atomic E-state index is 0.0975. The van der Waals surface area contributed by atoms with Gasteiger partial charge in [0.25, 0.3) is 15.9 Å². The first kappa shape index (κ1) is 11.6. The second-order valence-electron chi connectivity index (χ2n) is 3.50. The number of hydrogen-bond acceptors (Lipinski definition) is 3. The fourth-order valence-electron chi connectivity index (χ4n) is 1.70. The zero-order chi connectivity index (χ0) is 11.9. The van der Waals surface area contributed by atoms with E-state index in [-0.39, 0.29) is 17.0 Å². The summed E-state index contributed by atoms with van der Waals surface area (Å²) in [6.45, 7) is 2.06. The van der Waals surface area contributed by atoms with E-state index in [2.05, 4.69) is 15.9 Å². The number of fused-ring (bicyclic) bond motifs is 1. The Hall–Kier alpha value is -0.880. The summed E-state index contributed by atoms with van der Waals surface area (Å²) in [6, 6.07) is 4.74. The molecule has 1 aliphatic rings. The molecule has 1 amide bonds. The van der Waals surface area contributed by atoms with Gasteiger partial charge in [-0.1, -0.05) is 13.0 Å². The van der Waals surface area contributed by atoms with Gasteiger partial charge in [0.2, 0.25) is 0 Å². The van der Waals surface area contributed by atoms with Gasteiger partial charge in [0.15, 0.2) is 0 Å². The highest BCUT2D eigenvalue weighted by Gasteiger charge is 2.41. The number of halogens is 1. The molecule has 16 heavy (non-hydrogen) atoms. The Morgan fingerprint density at radius 1 is 1.38 bits per heavy atom. The van der Waals surface area contributed by atoms with Crippen LogP contribution in [0.2, 0.25) is 0 Å². The summed E-state index contributed by atoms with van der Waals surface area (Å²) in [7, 11) is -3.63. The lowest BCUT2D eigenvalue weighted by molar-refractivity contribution is 0.0870. The van der Waals surface area contributed by atoms with Gasteiger partial charge in [0, 0.05) is 11.0 Å². The lowest BCUT2D eigenvalue weighted by Gasteiger charge is -2.12. The maximum Gasteiger partial charge on any atom is 0.270 e. The van der Waals surface area contributed by atoms with E-state index in [0.29, 0.717) is 10.9 Å². The zero-order valence-corrected chi connectivity index (χ0v) is 11.0. The summed E-state index contributed by atoms with van der Waals surface area (Å²) in [4.78, 5) is 12.0. The van der Waals surface area contributed by atoms with Gasteiger partial charge in [0.1, 0.15) is 4.90 Å². The Bertz CT molecular complexity index is 553. The summed E-state index contributed by atoms with van der Waals surface area (Å²) >= 11 is 3.21. The van der Waals surface area contributed by atoms with E-state index in [1.54, 1.807) is 12.1 Å². The summed E-state index contributed by atoms with van der Waals surface area (Å²) in [5.41, 5.74) is 0.246. The normalized spacial score (nSPS) is 17.6. The van der Waals surface area contributed by atoms with E-state index < -0.39 is 15.9 Å². The third-order valence-electron chi connectivity index (χ3n) is 2.41. The van der Waals surface area contributed by atoms with Crippen molar-refractivity contribution in [3.05, 3.63) is 28.2 Å². The standard InChI is InChI=1S/C10H10BrNO3S/c1-2-6-12-10(13)9-7(11)4-3-5-8(9)16(12,14)15/h3-5H,2,6H2,1H3. The maximum atomic E-state index is 12.0. The van der Waals surface area contributed by atoms with Gasteiger partial charge < -0.3 is 0 Å². The molecular formula is C10H10BrNO3S. The number of carbonyl (C=O) groups excluding carboxylic acids is 1. The summed E-state index contributed by atoms with van der Waals surface area (Å²) < 4.78 is 25.5. The number of carbonyl (C=O) groups is 1. The predicted molar refractivity (Wildman–Crippen MR) is 62.7 cm³/mol. The number of benzene rings is 1. The molecule has 1 aromatic carbocycles. The van der Waals surface area contributed by atoms with Gasteiger partial charge in [-0.3, -0.25) is 4.79 Å². The lowest BCUT2D eigenvalue weighted by atomic mass is 10.2. The van der Waals surface area contributed by atoms with Crippen LogP contribution in [0.15, 0.2) is 27.6 Å². The van der Waals surface area contributed by atoms with E-state index in [9.17, 15) is 13.2 Å². The topological polar surface area (TPSA) is 54.5 Å². The highest BCUT2D eigenvalue weighted by molar-refractivity contribution is 9.10. The molecule has 0 aliphatic carbocycles. The van der Waals surface area contributed by atoms with E-state index in [1.807, 2.05) is 6.92 Å². The average Bonchev–Trinajstić information content (AvgIpc) is 2.41. The Morgan fingerprint density at radius 3 is 2.62 bits per heavy atom. The van der Waals surface area contributed by atoms with Crippen molar-refractivity contribution >= 4 is 31.9 Å². The summed E-state index contributed by atoms with van der Waals surface area (Å²) in [6.07, 6.45) is 0.608. The molecule has 1 aliphatic heterocycles. The number of nitrogens with zero attached hydrogens (tertiary/aromatic N) is 1. The van der Waals surface area contributed by atoms with Crippen LogP contribution in [0.3, 0.4) is 0 Å². The van der Waals surface area contributed by atoms with Crippen LogP contribution in [0.1, 0.15) is 23.7 Å². The molecule has 0 radical (unpaired) electrons. The van der Waals surface area contributed by atoms with Gasteiger partial charge >= 0.3 is 0 Å². The molecular weight excluding hydrogens is 294 g/mol. The van der Waals surface area contributed by atoms with E-state index in [4.69, 9.17) is 0 Å². The first-order valence-electron chi connectivity index (χ1n) is 4.85. The van der Waals surface area contributed by atoms with Crippen molar-refractivity contribution in [2.24, 2.45) is 0 Å². The van der Waals surface area contributed by atoms with Crippen LogP contribution in [0.4, 0.5) is 0 Å². The SMILES string of the molecule is CCCN1C(=O)c2c(Br)cccc2S1(=O)=O. The molecule has 0 spiro atoms. The van der Waals surface area contributed by atoms with Crippen molar-refractivity contribution in [3.63, 3.8) is 0 Å². The van der Waals surface area contributed by atoms with Gasteiger partial charge in [-0.25, -0.2) is 12.7 Å². The number of rotatable bonds is 2. The first-order chi connectivity index (χ1) is 7.50. The number of sulfonamides is 1. The second kappa shape index (κ2) is 3.85. The quantitative estimate of drug-likeness (QED) is 0.840. The molecule has 2 rings (SSSR count). The smallest absolute Gasteiger partial charge is 0.268 e. The Morgan fingerprint density at radius 2 is 2.06 bits per heavy atom. The molecule has 6 heteroatoms. The Labute approximate surface area is 102 Å². The van der Waals surface area contributed by atoms with Crippen LogP contribution in [0, 0.1) is 0 Å². The molecule has 0 fully saturated rings. The van der Waals surface area contributed by atoms with Crippen LogP contribution in [0.5, 0.6) is 0 Å². The molecule has 0 atom stereocenters. The van der Waals surface area contributed by atoms with Crippen molar-refractivity contribution in [1.82, 2.24) is 4.31 Å². The lowest BCUT2D eigenvalue weighted by Crippen LogP contribution is -2.30. The van der Waals surface area contributed by atoms with Gasteiger partial charge in [-0.15, -0.1) is 0 Å². The fourth-order valence-corrected chi connectivity index (χ4v) is 4.05. The minimum atomic E-state index is -3.63. The number of amides is 1. The van der Waals surface area contributed by atoms with Crippen molar-refractivity contribution in [1.29, 1.82) is 0 Å². The molecule has 86 valence electrons. The van der Waals surface area contributed by atoms with Gasteiger partial charge in [-0.05, 0) is 34.5 Å². The molecule has 0 aromatic heterocycles. The van der Waals surface area contributed by atoms with Crippen LogP contribution < -0.4 is 0 Å². The maximum absolute atomic E-state index is 12.0. The summed E-state index contributed by atoms with van der Waals surface area (Å²) in [5, 5.41) is 0. The molecule has 0 unspecified atom stereocenters. The van der Waals surface area contributed by atoms with Crippen LogP contribution in [0.25, 0.3) is 0 Å².